The van der Waals surface area contributed by atoms with Crippen LogP contribution in [0.15, 0.2) is 47.0 Å². The number of ether oxygens (including phenoxy) is 1. The topological polar surface area (TPSA) is 86.2 Å². The van der Waals surface area contributed by atoms with Gasteiger partial charge in [-0.3, -0.25) is 0 Å². The molecule has 5 rings (SSSR count). The smallest absolute Gasteiger partial charge is 0.191 e. The number of nitrogens with zero attached hydrogens (tertiary/aromatic N) is 4. The van der Waals surface area contributed by atoms with Crippen LogP contribution in [-0.4, -0.2) is 37.6 Å². The third-order valence-corrected chi connectivity index (χ3v) is 7.19. The van der Waals surface area contributed by atoms with Gasteiger partial charge in [0.25, 0.3) is 0 Å². The van der Waals surface area contributed by atoms with Gasteiger partial charge in [-0.15, -0.1) is 10.2 Å². The maximum atomic E-state index is 14.7. The van der Waals surface area contributed by atoms with Gasteiger partial charge in [-0.05, 0) is 56.9 Å². The molecule has 2 aromatic carbocycles. The van der Waals surface area contributed by atoms with Crippen LogP contribution >= 0.6 is 0 Å². The van der Waals surface area contributed by atoms with E-state index in [-0.39, 0.29) is 6.42 Å². The Morgan fingerprint density at radius 3 is 2.64 bits per heavy atom. The number of hydrogen-bond acceptors (Lipinski definition) is 6. The SMILES string of the molecule is COc1cc(-c2nnc3n2CCCC3(Cc2ccc(F)cc2F)C(C)(C)O)ccc1-c1cnc(C)o1. The zero-order valence-electron chi connectivity index (χ0n) is 20.7. The quantitative estimate of drug-likeness (QED) is 0.395. The molecule has 2 aromatic heterocycles. The number of rotatable bonds is 6. The lowest BCUT2D eigenvalue weighted by Crippen LogP contribution is -2.52. The molecule has 0 amide bonds. The van der Waals surface area contributed by atoms with Crippen molar-refractivity contribution in [2.75, 3.05) is 7.11 Å². The van der Waals surface area contributed by atoms with E-state index in [1.807, 2.05) is 22.8 Å². The van der Waals surface area contributed by atoms with Crippen molar-refractivity contribution < 1.29 is 23.0 Å². The van der Waals surface area contributed by atoms with Crippen molar-refractivity contribution in [1.29, 1.82) is 0 Å². The molecule has 4 aromatic rings. The standard InChI is InChI=1S/C27H28F2N4O3/c1-16-30-15-23(36-16)20-9-7-17(12-22(20)35-4)24-31-32-25-27(26(2,3)34,10-5-11-33(24)25)14-18-6-8-19(28)13-21(18)29/h6-9,12-13,15,34H,5,10-11,14H2,1-4H3. The van der Waals surface area contributed by atoms with Gasteiger partial charge in [0.15, 0.2) is 17.5 Å². The van der Waals surface area contributed by atoms with Gasteiger partial charge >= 0.3 is 0 Å². The molecule has 1 aliphatic rings. The molecular formula is C27H28F2N4O3. The van der Waals surface area contributed by atoms with Gasteiger partial charge in [-0.1, -0.05) is 12.1 Å². The number of aryl methyl sites for hydroxylation is 1. The summed E-state index contributed by atoms with van der Waals surface area (Å²) >= 11 is 0. The summed E-state index contributed by atoms with van der Waals surface area (Å²) in [5, 5.41) is 20.4. The van der Waals surface area contributed by atoms with Crippen LogP contribution in [0.25, 0.3) is 22.7 Å². The second-order valence-corrected chi connectivity index (χ2v) is 9.81. The summed E-state index contributed by atoms with van der Waals surface area (Å²) in [6, 6.07) is 9.20. The van der Waals surface area contributed by atoms with Gasteiger partial charge < -0.3 is 18.8 Å². The summed E-state index contributed by atoms with van der Waals surface area (Å²) in [4.78, 5) is 4.16. The molecule has 0 saturated heterocycles. The molecule has 188 valence electrons. The highest BCUT2D eigenvalue weighted by Gasteiger charge is 2.51. The average Bonchev–Trinajstić information content (AvgIpc) is 3.46. The lowest BCUT2D eigenvalue weighted by atomic mass is 9.65. The Morgan fingerprint density at radius 1 is 1.17 bits per heavy atom. The van der Waals surface area contributed by atoms with E-state index < -0.39 is 22.7 Å². The van der Waals surface area contributed by atoms with Crippen LogP contribution in [0.1, 0.15) is 44.0 Å². The summed E-state index contributed by atoms with van der Waals surface area (Å²) in [5.41, 5.74) is -0.300. The Balaban J connectivity index is 1.60. The van der Waals surface area contributed by atoms with E-state index in [0.717, 1.165) is 23.6 Å². The van der Waals surface area contributed by atoms with Crippen LogP contribution in [0, 0.1) is 18.6 Å². The molecule has 0 bridgehead atoms. The largest absolute Gasteiger partial charge is 0.496 e. The summed E-state index contributed by atoms with van der Waals surface area (Å²) in [7, 11) is 1.58. The highest BCUT2D eigenvalue weighted by molar-refractivity contribution is 5.71. The zero-order chi connectivity index (χ0) is 25.7. The third kappa shape index (κ3) is 3.97. The van der Waals surface area contributed by atoms with Gasteiger partial charge in [0, 0.05) is 25.1 Å². The van der Waals surface area contributed by atoms with Gasteiger partial charge in [0.1, 0.15) is 23.2 Å². The molecule has 9 heteroatoms. The number of aromatic nitrogens is 4. The summed E-state index contributed by atoms with van der Waals surface area (Å²) in [6.07, 6.45) is 3.13. The number of halogens is 2. The fourth-order valence-electron chi connectivity index (χ4n) is 5.21. The van der Waals surface area contributed by atoms with Gasteiger partial charge in [-0.25, -0.2) is 13.8 Å². The lowest BCUT2D eigenvalue weighted by Gasteiger charge is -2.45. The number of fused-ring (bicyclic) bond motifs is 1. The van der Waals surface area contributed by atoms with Crippen LogP contribution in [0.2, 0.25) is 0 Å². The minimum absolute atomic E-state index is 0.161. The number of benzene rings is 2. The Hall–Kier alpha value is -3.59. The summed E-state index contributed by atoms with van der Waals surface area (Å²) in [5.74, 6) is 1.67. The predicted octanol–water partition coefficient (Wildman–Crippen LogP) is 5.24. The highest BCUT2D eigenvalue weighted by Crippen LogP contribution is 2.46. The van der Waals surface area contributed by atoms with Crippen LogP contribution in [0.4, 0.5) is 8.78 Å². The van der Waals surface area contributed by atoms with Crippen molar-refractivity contribution in [2.45, 2.75) is 57.6 Å². The van der Waals surface area contributed by atoms with E-state index in [1.54, 1.807) is 34.1 Å². The van der Waals surface area contributed by atoms with Crippen molar-refractivity contribution in [3.05, 3.63) is 71.5 Å². The molecule has 7 nitrogen and oxygen atoms in total. The Labute approximate surface area is 207 Å². The predicted molar refractivity (Wildman–Crippen MR) is 130 cm³/mol. The maximum absolute atomic E-state index is 14.7. The fourth-order valence-corrected chi connectivity index (χ4v) is 5.21. The van der Waals surface area contributed by atoms with Gasteiger partial charge in [0.2, 0.25) is 0 Å². The molecular weight excluding hydrogens is 466 g/mol. The first-order chi connectivity index (χ1) is 17.1. The van der Waals surface area contributed by atoms with Crippen molar-refractivity contribution in [3.8, 4) is 28.5 Å². The molecule has 3 heterocycles. The van der Waals surface area contributed by atoms with Crippen molar-refractivity contribution >= 4 is 0 Å². The molecule has 1 unspecified atom stereocenters. The molecule has 0 fully saturated rings. The van der Waals surface area contributed by atoms with Gasteiger partial charge in [0.05, 0.1) is 29.9 Å². The molecule has 0 saturated carbocycles. The molecule has 1 aliphatic heterocycles. The highest BCUT2D eigenvalue weighted by atomic mass is 19.1. The van der Waals surface area contributed by atoms with Gasteiger partial charge in [-0.2, -0.15) is 0 Å². The first kappa shape index (κ1) is 24.1. The molecule has 1 atom stereocenters. The fraction of sp³-hybridized carbons (Fsp3) is 0.370. The maximum Gasteiger partial charge on any atom is 0.191 e. The first-order valence-electron chi connectivity index (χ1n) is 11.8. The number of oxazole rings is 1. The minimum Gasteiger partial charge on any atom is -0.496 e. The molecule has 36 heavy (non-hydrogen) atoms. The van der Waals surface area contributed by atoms with E-state index >= 15 is 0 Å². The Morgan fingerprint density at radius 2 is 1.97 bits per heavy atom. The molecule has 0 aliphatic carbocycles. The summed E-state index contributed by atoms with van der Waals surface area (Å²) < 4.78 is 41.5. The first-order valence-corrected chi connectivity index (χ1v) is 11.8. The van der Waals surface area contributed by atoms with Crippen LogP contribution in [0.5, 0.6) is 5.75 Å². The molecule has 0 radical (unpaired) electrons. The van der Waals surface area contributed by atoms with Crippen molar-refractivity contribution in [2.24, 2.45) is 0 Å². The Bertz CT molecular complexity index is 1420. The van der Waals surface area contributed by atoms with Crippen LogP contribution in [0.3, 0.4) is 0 Å². The van der Waals surface area contributed by atoms with Crippen LogP contribution in [-0.2, 0) is 18.4 Å². The number of hydrogen-bond donors (Lipinski definition) is 1. The van der Waals surface area contributed by atoms with E-state index in [0.29, 0.717) is 47.6 Å². The van der Waals surface area contributed by atoms with E-state index in [9.17, 15) is 13.9 Å². The second kappa shape index (κ2) is 8.81. The van der Waals surface area contributed by atoms with E-state index in [1.165, 1.54) is 12.1 Å². The monoisotopic (exact) mass is 494 g/mol. The lowest BCUT2D eigenvalue weighted by molar-refractivity contribution is -0.0258. The molecule has 1 N–H and O–H groups in total. The average molecular weight is 495 g/mol. The normalized spacial score (nSPS) is 17.8. The number of methoxy groups -OCH3 is 1. The summed E-state index contributed by atoms with van der Waals surface area (Å²) in [6.45, 7) is 5.83. The van der Waals surface area contributed by atoms with E-state index in [4.69, 9.17) is 9.15 Å². The Kier molecular flexibility index (Phi) is 5.90. The number of aliphatic hydroxyl groups is 1. The van der Waals surface area contributed by atoms with Crippen molar-refractivity contribution in [3.63, 3.8) is 0 Å². The second-order valence-electron chi connectivity index (χ2n) is 9.81. The third-order valence-electron chi connectivity index (χ3n) is 7.19. The zero-order valence-corrected chi connectivity index (χ0v) is 20.7. The van der Waals surface area contributed by atoms with E-state index in [2.05, 4.69) is 15.2 Å². The minimum atomic E-state index is -1.25. The molecule has 0 spiro atoms. The van der Waals surface area contributed by atoms with Crippen molar-refractivity contribution in [1.82, 2.24) is 19.7 Å². The van der Waals surface area contributed by atoms with Crippen LogP contribution < -0.4 is 4.74 Å².